The van der Waals surface area contributed by atoms with Gasteiger partial charge in [0.1, 0.15) is 30.2 Å². The molecule has 0 aromatic heterocycles. The lowest BCUT2D eigenvalue weighted by molar-refractivity contribution is -0.882. The first-order chi connectivity index (χ1) is 23.8. The number of hydrogen-bond acceptors (Lipinski definition) is 8. The van der Waals surface area contributed by atoms with E-state index in [0.29, 0.717) is 18.6 Å². The molecule has 4 aliphatic rings. The number of alkyl halides is 3. The minimum Gasteiger partial charge on any atom is -0.415 e. The Bertz CT molecular complexity index is 2040. The van der Waals surface area contributed by atoms with E-state index in [0.717, 1.165) is 27.7 Å². The van der Waals surface area contributed by atoms with Gasteiger partial charge in [-0.05, 0) is 36.8 Å². The van der Waals surface area contributed by atoms with E-state index < -0.39 is 76.7 Å². The van der Waals surface area contributed by atoms with E-state index in [9.17, 15) is 49.3 Å². The van der Waals surface area contributed by atoms with Crippen molar-refractivity contribution in [1.82, 2.24) is 8.61 Å². The molecule has 51 heavy (non-hydrogen) atoms. The zero-order chi connectivity index (χ0) is 37.1. The number of amides is 1. The molecule has 0 N–H and O–H groups in total. The van der Waals surface area contributed by atoms with Crippen LogP contribution < -0.4 is 0 Å². The van der Waals surface area contributed by atoms with Gasteiger partial charge in [0.2, 0.25) is 20.0 Å². The van der Waals surface area contributed by atoms with Crippen molar-refractivity contribution in [3.8, 4) is 0 Å². The van der Waals surface area contributed by atoms with Crippen LogP contribution in [0.4, 0.5) is 28.0 Å². The Hall–Kier alpha value is -3.71. The third-order valence-corrected chi connectivity index (χ3v) is 14.3. The van der Waals surface area contributed by atoms with Gasteiger partial charge >= 0.3 is 12.3 Å². The van der Waals surface area contributed by atoms with Gasteiger partial charge in [-0.15, -0.1) is 0 Å². The highest BCUT2D eigenvalue weighted by Crippen LogP contribution is 2.52. The summed E-state index contributed by atoms with van der Waals surface area (Å²) in [5.41, 5.74) is -1.48. The molecule has 12 nitrogen and oxygen atoms in total. The Morgan fingerprint density at radius 2 is 1.51 bits per heavy atom. The van der Waals surface area contributed by atoms with Crippen LogP contribution in [-0.4, -0.2) is 85.8 Å². The number of nitro benzene ring substituents is 1. The first kappa shape index (κ1) is 37.1. The monoisotopic (exact) mass is 757 g/mol. The zero-order valence-electron chi connectivity index (χ0n) is 27.8. The van der Waals surface area contributed by atoms with Gasteiger partial charge in [0.25, 0.3) is 5.69 Å². The number of sulfonamides is 2. The molecule has 6 rings (SSSR count). The van der Waals surface area contributed by atoms with Crippen molar-refractivity contribution in [2.75, 3.05) is 32.8 Å². The summed E-state index contributed by atoms with van der Waals surface area (Å²) in [6, 6.07) is 5.00. The van der Waals surface area contributed by atoms with Crippen molar-refractivity contribution in [2.24, 2.45) is 5.41 Å². The number of quaternary nitrogens is 1. The molecule has 276 valence electrons. The van der Waals surface area contributed by atoms with Crippen molar-refractivity contribution in [3.63, 3.8) is 0 Å². The van der Waals surface area contributed by atoms with Gasteiger partial charge in [-0.25, -0.2) is 21.2 Å². The second kappa shape index (κ2) is 13.1. The molecular formula is C33H37F4N4O8S2+. The minimum absolute atomic E-state index is 0.0283. The van der Waals surface area contributed by atoms with Crippen LogP contribution in [0.15, 0.2) is 75.7 Å². The summed E-state index contributed by atoms with van der Waals surface area (Å²) in [5.74, 6) is -0.695. The van der Waals surface area contributed by atoms with Gasteiger partial charge in [-0.2, -0.15) is 31.1 Å². The van der Waals surface area contributed by atoms with E-state index in [4.69, 9.17) is 4.74 Å². The number of hydrogen-bond donors (Lipinski definition) is 0. The number of rotatable bonds is 7. The largest absolute Gasteiger partial charge is 0.521 e. The molecule has 3 heterocycles. The number of nitrogens with zero attached hydrogens (tertiary/aromatic N) is 4. The number of halogens is 4. The lowest BCUT2D eigenvalue weighted by Gasteiger charge is -2.55. The fourth-order valence-corrected chi connectivity index (χ4v) is 11.3. The molecule has 18 heteroatoms. The molecule has 1 unspecified atom stereocenters. The topological polar surface area (TPSA) is 144 Å². The quantitative estimate of drug-likeness (QED) is 0.146. The van der Waals surface area contributed by atoms with E-state index in [1.807, 2.05) is 26.0 Å². The molecule has 2 saturated heterocycles. The second-order valence-electron chi connectivity index (χ2n) is 13.9. The Kier molecular flexibility index (Phi) is 9.48. The fourth-order valence-electron chi connectivity index (χ4n) is 8.21. The van der Waals surface area contributed by atoms with Gasteiger partial charge in [-0.3, -0.25) is 10.1 Å². The number of ether oxygens (including phenoxy) is 1. The number of allylic oxidation sites excluding steroid dienone is 2. The highest BCUT2D eigenvalue weighted by Gasteiger charge is 2.62. The molecule has 1 atom stereocenters. The number of cyclic esters (lactones) is 1. The minimum atomic E-state index is -4.93. The molecule has 1 aliphatic carbocycles. The van der Waals surface area contributed by atoms with Crippen molar-refractivity contribution >= 4 is 31.8 Å². The van der Waals surface area contributed by atoms with Gasteiger partial charge in [0.05, 0.1) is 15.4 Å². The predicted molar refractivity (Wildman–Crippen MR) is 174 cm³/mol. The molecule has 2 aromatic carbocycles. The lowest BCUT2D eigenvalue weighted by Crippen LogP contribution is -2.71. The second-order valence-corrected chi connectivity index (χ2v) is 17.7. The average Bonchev–Trinajstić information content (AvgIpc) is 3.08. The van der Waals surface area contributed by atoms with E-state index >= 15 is 0 Å². The molecule has 2 aromatic rings. The summed E-state index contributed by atoms with van der Waals surface area (Å²) in [5, 5.41) is 11.8. The zero-order valence-corrected chi connectivity index (χ0v) is 29.4. The summed E-state index contributed by atoms with van der Waals surface area (Å²) in [4.78, 5) is 23.9. The molecule has 0 bridgehead atoms. The molecular weight excluding hydrogens is 721 g/mol. The predicted octanol–water partition coefficient (Wildman–Crippen LogP) is 5.97. The number of piperidine rings is 2. The van der Waals surface area contributed by atoms with E-state index in [1.165, 1.54) is 16.4 Å². The molecule has 0 radical (unpaired) electrons. The molecule has 0 saturated carbocycles. The molecule has 2 fully saturated rings. The number of benzene rings is 2. The van der Waals surface area contributed by atoms with E-state index in [2.05, 4.69) is 0 Å². The number of nitro groups is 1. The van der Waals surface area contributed by atoms with Crippen molar-refractivity contribution in [3.05, 3.63) is 87.4 Å². The maximum absolute atomic E-state index is 14.3. The third kappa shape index (κ3) is 6.38. The SMILES string of the molecule is CC1(C)CC=CC2=C1[N+](C1CCN(S(=O)(=O)c3cccc(F)c3)CC1)(C1CCN(S(=O)(=O)c3ccc(C(F)(F)F)cc3[N+](=O)[O-])CC1)C(=O)OC2. The number of carbonyl (C=O) groups is 1. The molecule has 1 amide bonds. The van der Waals surface area contributed by atoms with Crippen molar-refractivity contribution in [2.45, 2.75) is 74.0 Å². The van der Waals surface area contributed by atoms with Crippen LogP contribution in [0, 0.1) is 21.3 Å². The smallest absolute Gasteiger partial charge is 0.415 e. The van der Waals surface area contributed by atoms with E-state index in [1.54, 1.807) is 0 Å². The van der Waals surface area contributed by atoms with Crippen LogP contribution in [0.25, 0.3) is 0 Å². The van der Waals surface area contributed by atoms with Crippen LogP contribution in [0.3, 0.4) is 0 Å². The molecule has 0 spiro atoms. The maximum atomic E-state index is 14.3. The van der Waals surface area contributed by atoms with Crippen LogP contribution in [-0.2, 0) is 31.0 Å². The maximum Gasteiger partial charge on any atom is 0.521 e. The summed E-state index contributed by atoms with van der Waals surface area (Å²) in [6.07, 6.45) is -0.309. The molecule has 3 aliphatic heterocycles. The number of carbonyl (C=O) groups excluding carboxylic acids is 1. The first-order valence-corrected chi connectivity index (χ1v) is 19.3. The van der Waals surface area contributed by atoms with Gasteiger partial charge in [0, 0.05) is 68.9 Å². The van der Waals surface area contributed by atoms with E-state index in [-0.39, 0.29) is 73.9 Å². The Morgan fingerprint density at radius 3 is 2.06 bits per heavy atom. The van der Waals surface area contributed by atoms with Gasteiger partial charge in [0.15, 0.2) is 4.90 Å². The fraction of sp³-hybridized carbons (Fsp3) is 0.485. The Morgan fingerprint density at radius 1 is 0.922 bits per heavy atom. The lowest BCUT2D eigenvalue weighted by atomic mass is 9.75. The van der Waals surface area contributed by atoms with Crippen LogP contribution >= 0.6 is 0 Å². The Balaban J connectivity index is 1.33. The van der Waals surface area contributed by atoms with Crippen LogP contribution in [0.1, 0.15) is 51.5 Å². The van der Waals surface area contributed by atoms with Crippen molar-refractivity contribution < 1.29 is 53.3 Å². The summed E-state index contributed by atoms with van der Waals surface area (Å²) >= 11 is 0. The highest BCUT2D eigenvalue weighted by atomic mass is 32.2. The van der Waals surface area contributed by atoms with Crippen molar-refractivity contribution in [1.29, 1.82) is 0 Å². The summed E-state index contributed by atoms with van der Waals surface area (Å²) < 4.78 is 116. The normalized spacial score (nSPS) is 24.3. The summed E-state index contributed by atoms with van der Waals surface area (Å²) in [6.45, 7) is 3.72. The highest BCUT2D eigenvalue weighted by molar-refractivity contribution is 7.89. The average molecular weight is 758 g/mol. The van der Waals surface area contributed by atoms with Gasteiger partial charge in [-0.1, -0.05) is 32.1 Å². The Labute approximate surface area is 292 Å². The van der Waals surface area contributed by atoms with Gasteiger partial charge < -0.3 is 4.74 Å². The third-order valence-electron chi connectivity index (χ3n) is 10.4. The standard InChI is InChI=1S/C33H37F4N4O8S2/c1-32(2)14-4-5-22-21-49-31(42)41(30(22)32,25-10-15-38(16-11-25)50(45,46)27-7-3-6-24(34)20-27)26-12-17-39(18-13-26)51(47,48)29-9-8-23(33(35,36)37)19-28(29)40(43)44/h3-9,19-20,25-26H,10-18,21H2,1-2H3/q+1. The van der Waals surface area contributed by atoms with Crippen LogP contribution in [0.2, 0.25) is 0 Å². The van der Waals surface area contributed by atoms with Crippen LogP contribution in [0.5, 0.6) is 0 Å². The summed E-state index contributed by atoms with van der Waals surface area (Å²) in [7, 11) is -8.68. The first-order valence-electron chi connectivity index (χ1n) is 16.4.